The Labute approximate surface area is 86.8 Å². The summed E-state index contributed by atoms with van der Waals surface area (Å²) < 4.78 is 0. The normalized spacial score (nSPS) is 10.4. The molecule has 13 heavy (non-hydrogen) atoms. The molecular formula is C7H11ClN4S. The molecule has 1 heterocycles. The van der Waals surface area contributed by atoms with Crippen LogP contribution in [0.4, 0.5) is 0 Å². The van der Waals surface area contributed by atoms with E-state index in [4.69, 9.17) is 11.5 Å². The second-order valence-corrected chi connectivity index (χ2v) is 3.14. The van der Waals surface area contributed by atoms with Crippen LogP contribution in [0.2, 0.25) is 0 Å². The fourth-order valence-corrected chi connectivity index (χ4v) is 1.34. The van der Waals surface area contributed by atoms with Gasteiger partial charge in [-0.1, -0.05) is 6.07 Å². The van der Waals surface area contributed by atoms with E-state index in [1.165, 1.54) is 0 Å². The first kappa shape index (κ1) is 11.9. The standard InChI is InChI=1S/C7H10N4S.ClH/c1-5(10-11-7(8)9)6-3-2-4-12-6;/h2-4H,1H3,(H4,8,9,11);1H/b10-5+;. The molecule has 0 aliphatic heterocycles. The monoisotopic (exact) mass is 218 g/mol. The fraction of sp³-hybridized carbons (Fsp3) is 0.143. The van der Waals surface area contributed by atoms with Gasteiger partial charge >= 0.3 is 0 Å². The van der Waals surface area contributed by atoms with Crippen molar-refractivity contribution in [1.29, 1.82) is 0 Å². The van der Waals surface area contributed by atoms with Crippen molar-refractivity contribution in [3.63, 3.8) is 0 Å². The van der Waals surface area contributed by atoms with Crippen molar-refractivity contribution in [2.45, 2.75) is 6.92 Å². The van der Waals surface area contributed by atoms with Crippen molar-refractivity contribution in [2.24, 2.45) is 21.7 Å². The zero-order chi connectivity index (χ0) is 8.97. The Kier molecular flexibility index (Phi) is 5.10. The first-order chi connectivity index (χ1) is 5.70. The topological polar surface area (TPSA) is 76.8 Å². The molecule has 0 spiro atoms. The van der Waals surface area contributed by atoms with E-state index in [1.807, 2.05) is 24.4 Å². The average Bonchev–Trinajstić information content (AvgIpc) is 2.51. The predicted octanol–water partition coefficient (Wildman–Crippen LogP) is 1.17. The molecule has 0 fully saturated rings. The maximum absolute atomic E-state index is 5.12. The Hall–Kier alpha value is -1.07. The summed E-state index contributed by atoms with van der Waals surface area (Å²) in [4.78, 5) is 1.07. The van der Waals surface area contributed by atoms with E-state index < -0.39 is 0 Å². The molecule has 0 radical (unpaired) electrons. The lowest BCUT2D eigenvalue weighted by atomic mass is 10.3. The van der Waals surface area contributed by atoms with Crippen LogP contribution in [-0.4, -0.2) is 11.7 Å². The number of nitrogens with two attached hydrogens (primary N) is 2. The molecule has 0 aliphatic carbocycles. The van der Waals surface area contributed by atoms with Gasteiger partial charge in [-0.3, -0.25) is 0 Å². The van der Waals surface area contributed by atoms with E-state index in [1.54, 1.807) is 11.3 Å². The molecule has 0 saturated carbocycles. The van der Waals surface area contributed by atoms with Crippen LogP contribution in [-0.2, 0) is 0 Å². The summed E-state index contributed by atoms with van der Waals surface area (Å²) in [6, 6.07) is 3.92. The van der Waals surface area contributed by atoms with Crippen LogP contribution in [0.1, 0.15) is 11.8 Å². The van der Waals surface area contributed by atoms with E-state index in [9.17, 15) is 0 Å². The third kappa shape index (κ3) is 3.91. The van der Waals surface area contributed by atoms with E-state index in [0.717, 1.165) is 10.6 Å². The zero-order valence-electron chi connectivity index (χ0n) is 7.10. The van der Waals surface area contributed by atoms with Crippen molar-refractivity contribution < 1.29 is 0 Å². The Bertz CT molecular complexity index is 300. The van der Waals surface area contributed by atoms with Gasteiger partial charge in [0.25, 0.3) is 0 Å². The highest BCUT2D eigenvalue weighted by Crippen LogP contribution is 2.09. The molecule has 1 aromatic rings. The summed E-state index contributed by atoms with van der Waals surface area (Å²) in [5.41, 5.74) is 11.1. The van der Waals surface area contributed by atoms with Gasteiger partial charge < -0.3 is 11.5 Å². The first-order valence-electron chi connectivity index (χ1n) is 3.37. The van der Waals surface area contributed by atoms with Crippen LogP contribution in [0.15, 0.2) is 27.7 Å². The molecule has 0 aromatic carbocycles. The summed E-state index contributed by atoms with van der Waals surface area (Å²) in [6.45, 7) is 1.86. The summed E-state index contributed by atoms with van der Waals surface area (Å²) >= 11 is 1.60. The molecule has 1 aromatic heterocycles. The highest BCUT2D eigenvalue weighted by molar-refractivity contribution is 7.12. The van der Waals surface area contributed by atoms with Crippen molar-refractivity contribution in [1.82, 2.24) is 0 Å². The Balaban J connectivity index is 0.00000144. The SMILES string of the molecule is C/C(=N\N=C(N)N)c1cccs1.Cl. The largest absolute Gasteiger partial charge is 0.369 e. The van der Waals surface area contributed by atoms with Crippen LogP contribution in [0.25, 0.3) is 0 Å². The number of nitrogens with zero attached hydrogens (tertiary/aromatic N) is 2. The van der Waals surface area contributed by atoms with Gasteiger partial charge in [-0.2, -0.15) is 5.10 Å². The second-order valence-electron chi connectivity index (χ2n) is 2.19. The summed E-state index contributed by atoms with van der Waals surface area (Å²) in [7, 11) is 0. The van der Waals surface area contributed by atoms with Gasteiger partial charge in [-0.05, 0) is 18.4 Å². The van der Waals surface area contributed by atoms with E-state index in [2.05, 4.69) is 10.2 Å². The average molecular weight is 219 g/mol. The maximum atomic E-state index is 5.12. The molecular weight excluding hydrogens is 208 g/mol. The van der Waals surface area contributed by atoms with Gasteiger partial charge in [0.05, 0.1) is 10.6 Å². The Morgan fingerprint density at radius 2 is 2.08 bits per heavy atom. The van der Waals surface area contributed by atoms with E-state index >= 15 is 0 Å². The molecule has 0 aliphatic rings. The lowest BCUT2D eigenvalue weighted by Crippen LogP contribution is -2.22. The molecule has 0 bridgehead atoms. The highest BCUT2D eigenvalue weighted by Gasteiger charge is 1.95. The van der Waals surface area contributed by atoms with Gasteiger partial charge in [0.1, 0.15) is 0 Å². The molecule has 4 nitrogen and oxygen atoms in total. The third-order valence-electron chi connectivity index (χ3n) is 1.19. The van der Waals surface area contributed by atoms with Crippen LogP contribution in [0.3, 0.4) is 0 Å². The van der Waals surface area contributed by atoms with Crippen molar-refractivity contribution >= 4 is 35.4 Å². The minimum atomic E-state index is -0.0223. The zero-order valence-corrected chi connectivity index (χ0v) is 8.73. The first-order valence-corrected chi connectivity index (χ1v) is 4.25. The van der Waals surface area contributed by atoms with Gasteiger partial charge in [-0.15, -0.1) is 28.8 Å². The smallest absolute Gasteiger partial charge is 0.211 e. The van der Waals surface area contributed by atoms with Crippen LogP contribution in [0, 0.1) is 0 Å². The fourth-order valence-electron chi connectivity index (χ4n) is 0.666. The lowest BCUT2D eigenvalue weighted by molar-refractivity contribution is 1.20. The summed E-state index contributed by atoms with van der Waals surface area (Å²) in [6.07, 6.45) is 0. The molecule has 72 valence electrons. The molecule has 0 unspecified atom stereocenters. The Morgan fingerprint density at radius 1 is 1.38 bits per heavy atom. The number of hydrogen-bond acceptors (Lipinski definition) is 3. The Morgan fingerprint density at radius 3 is 2.54 bits per heavy atom. The lowest BCUT2D eigenvalue weighted by Gasteiger charge is -1.91. The van der Waals surface area contributed by atoms with Crippen LogP contribution in [0.5, 0.6) is 0 Å². The summed E-state index contributed by atoms with van der Waals surface area (Å²) in [5, 5.41) is 9.35. The van der Waals surface area contributed by atoms with Gasteiger partial charge in [0, 0.05) is 0 Å². The quantitative estimate of drug-likeness (QED) is 0.444. The second kappa shape index (κ2) is 5.55. The third-order valence-corrected chi connectivity index (χ3v) is 2.17. The molecule has 6 heteroatoms. The number of guanidine groups is 1. The molecule has 0 saturated heterocycles. The molecule has 4 N–H and O–H groups in total. The number of halogens is 1. The van der Waals surface area contributed by atoms with Crippen molar-refractivity contribution in [3.8, 4) is 0 Å². The predicted molar refractivity (Wildman–Crippen MR) is 59.6 cm³/mol. The number of rotatable bonds is 2. The van der Waals surface area contributed by atoms with E-state index in [0.29, 0.717) is 0 Å². The summed E-state index contributed by atoms with van der Waals surface area (Å²) in [5.74, 6) is -0.0223. The van der Waals surface area contributed by atoms with Crippen molar-refractivity contribution in [2.75, 3.05) is 0 Å². The maximum Gasteiger partial charge on any atom is 0.211 e. The molecule has 0 amide bonds. The van der Waals surface area contributed by atoms with Gasteiger partial charge in [0.2, 0.25) is 5.96 Å². The highest BCUT2D eigenvalue weighted by atomic mass is 35.5. The number of hydrogen-bond donors (Lipinski definition) is 2. The van der Waals surface area contributed by atoms with E-state index in [-0.39, 0.29) is 18.4 Å². The molecule has 0 atom stereocenters. The minimum absolute atomic E-state index is 0. The molecule has 1 rings (SSSR count). The van der Waals surface area contributed by atoms with Gasteiger partial charge in [-0.25, -0.2) is 0 Å². The van der Waals surface area contributed by atoms with Gasteiger partial charge in [0.15, 0.2) is 0 Å². The van der Waals surface area contributed by atoms with Crippen LogP contribution < -0.4 is 11.5 Å². The van der Waals surface area contributed by atoms with Crippen molar-refractivity contribution in [3.05, 3.63) is 22.4 Å². The van der Waals surface area contributed by atoms with Crippen LogP contribution >= 0.6 is 23.7 Å². The minimum Gasteiger partial charge on any atom is -0.369 e. The number of thiophene rings is 1.